The standard InChI is InChI=1S/C19H20ClNO4/c1-13-11-16(9-10-17(13)20)24-12-18(22)25-14(2)19(23)21(3)15-7-5-4-6-8-15/h4-11,14H,12H2,1-3H3/t14-/m1/s1. The Morgan fingerprint density at radius 3 is 2.48 bits per heavy atom. The first-order valence-electron chi connectivity index (χ1n) is 7.79. The third-order valence-electron chi connectivity index (χ3n) is 3.62. The van der Waals surface area contributed by atoms with Crippen molar-refractivity contribution in [3.8, 4) is 5.75 Å². The zero-order chi connectivity index (χ0) is 18.4. The number of nitrogens with zero attached hydrogens (tertiary/aromatic N) is 1. The summed E-state index contributed by atoms with van der Waals surface area (Å²) in [7, 11) is 1.63. The Kier molecular flexibility index (Phi) is 6.42. The second-order valence-corrected chi connectivity index (χ2v) is 5.97. The average molecular weight is 362 g/mol. The van der Waals surface area contributed by atoms with Gasteiger partial charge < -0.3 is 14.4 Å². The van der Waals surface area contributed by atoms with Crippen LogP contribution in [-0.4, -0.2) is 31.6 Å². The lowest BCUT2D eigenvalue weighted by molar-refractivity contribution is -0.155. The number of anilines is 1. The second kappa shape index (κ2) is 8.53. The molecule has 1 amide bonds. The van der Waals surface area contributed by atoms with Crippen LogP contribution in [0, 0.1) is 6.92 Å². The van der Waals surface area contributed by atoms with Crippen LogP contribution < -0.4 is 9.64 Å². The molecule has 2 aromatic carbocycles. The maximum Gasteiger partial charge on any atom is 0.344 e. The summed E-state index contributed by atoms with van der Waals surface area (Å²) in [5, 5.41) is 0.623. The molecule has 6 heteroatoms. The van der Waals surface area contributed by atoms with Crippen molar-refractivity contribution in [2.45, 2.75) is 20.0 Å². The highest BCUT2D eigenvalue weighted by molar-refractivity contribution is 6.31. The Morgan fingerprint density at radius 1 is 1.16 bits per heavy atom. The summed E-state index contributed by atoms with van der Waals surface area (Å²) >= 11 is 5.94. The van der Waals surface area contributed by atoms with Crippen LogP contribution in [0.4, 0.5) is 5.69 Å². The fourth-order valence-corrected chi connectivity index (χ4v) is 2.30. The Balaban J connectivity index is 1.86. The highest BCUT2D eigenvalue weighted by Gasteiger charge is 2.22. The summed E-state index contributed by atoms with van der Waals surface area (Å²) < 4.78 is 10.5. The predicted octanol–water partition coefficient (Wildman–Crippen LogP) is 3.62. The molecule has 5 nitrogen and oxygen atoms in total. The SMILES string of the molecule is Cc1cc(OCC(=O)O[C@H](C)C(=O)N(C)c2ccccc2)ccc1Cl. The fourth-order valence-electron chi connectivity index (χ4n) is 2.18. The van der Waals surface area contributed by atoms with E-state index in [1.54, 1.807) is 37.4 Å². The van der Waals surface area contributed by atoms with Gasteiger partial charge in [-0.15, -0.1) is 0 Å². The number of carbonyl (C=O) groups is 2. The van der Waals surface area contributed by atoms with Crippen molar-refractivity contribution in [1.82, 2.24) is 0 Å². The minimum atomic E-state index is -0.909. The van der Waals surface area contributed by atoms with Crippen LogP contribution in [0.1, 0.15) is 12.5 Å². The van der Waals surface area contributed by atoms with E-state index in [4.69, 9.17) is 21.1 Å². The highest BCUT2D eigenvalue weighted by Crippen LogP contribution is 2.21. The monoisotopic (exact) mass is 361 g/mol. The molecule has 0 aliphatic rings. The van der Waals surface area contributed by atoms with Crippen LogP contribution in [0.5, 0.6) is 5.75 Å². The number of benzene rings is 2. The highest BCUT2D eigenvalue weighted by atomic mass is 35.5. The maximum absolute atomic E-state index is 12.3. The topological polar surface area (TPSA) is 55.8 Å². The smallest absolute Gasteiger partial charge is 0.344 e. The quantitative estimate of drug-likeness (QED) is 0.737. The third-order valence-corrected chi connectivity index (χ3v) is 4.04. The molecule has 1 atom stereocenters. The number of para-hydroxylation sites is 1. The number of rotatable bonds is 6. The van der Waals surface area contributed by atoms with Crippen molar-refractivity contribution in [2.24, 2.45) is 0 Å². The Bertz CT molecular complexity index is 748. The number of likely N-dealkylation sites (N-methyl/N-ethyl adjacent to an activating group) is 1. The molecule has 0 heterocycles. The summed E-state index contributed by atoms with van der Waals surface area (Å²) in [6.07, 6.45) is -0.909. The van der Waals surface area contributed by atoms with E-state index in [0.717, 1.165) is 11.3 Å². The molecule has 0 aromatic heterocycles. The third kappa shape index (κ3) is 5.22. The summed E-state index contributed by atoms with van der Waals surface area (Å²) in [5.41, 5.74) is 1.57. The zero-order valence-corrected chi connectivity index (χ0v) is 15.1. The Hall–Kier alpha value is -2.53. The Morgan fingerprint density at radius 2 is 1.84 bits per heavy atom. The second-order valence-electron chi connectivity index (χ2n) is 5.56. The van der Waals surface area contributed by atoms with E-state index in [2.05, 4.69) is 0 Å². The van der Waals surface area contributed by atoms with E-state index in [9.17, 15) is 9.59 Å². The first kappa shape index (κ1) is 18.8. The number of hydrogen-bond donors (Lipinski definition) is 0. The summed E-state index contributed by atoms with van der Waals surface area (Å²) in [6, 6.07) is 14.2. The molecule has 0 unspecified atom stereocenters. The van der Waals surface area contributed by atoms with E-state index in [0.29, 0.717) is 10.8 Å². The van der Waals surface area contributed by atoms with Crippen molar-refractivity contribution in [3.05, 3.63) is 59.1 Å². The van der Waals surface area contributed by atoms with Crippen molar-refractivity contribution in [2.75, 3.05) is 18.6 Å². The summed E-state index contributed by atoms with van der Waals surface area (Å²) in [5.74, 6) is -0.420. The van der Waals surface area contributed by atoms with Gasteiger partial charge in [-0.3, -0.25) is 4.79 Å². The fraction of sp³-hybridized carbons (Fsp3) is 0.263. The van der Waals surface area contributed by atoms with Gasteiger partial charge in [0.15, 0.2) is 12.7 Å². The van der Waals surface area contributed by atoms with Crippen LogP contribution in [0.25, 0.3) is 0 Å². The van der Waals surface area contributed by atoms with Crippen molar-refractivity contribution in [1.29, 1.82) is 0 Å². The Labute approximate surface area is 152 Å². The minimum absolute atomic E-state index is 0.284. The number of ether oxygens (including phenoxy) is 2. The van der Waals surface area contributed by atoms with E-state index in [1.165, 1.54) is 11.8 Å². The number of esters is 1. The molecule has 0 N–H and O–H groups in total. The molecule has 25 heavy (non-hydrogen) atoms. The van der Waals surface area contributed by atoms with Gasteiger partial charge >= 0.3 is 5.97 Å². The number of halogens is 1. The summed E-state index contributed by atoms with van der Waals surface area (Å²) in [4.78, 5) is 25.7. The van der Waals surface area contributed by atoms with Gasteiger partial charge in [0, 0.05) is 17.8 Å². The zero-order valence-electron chi connectivity index (χ0n) is 14.4. The largest absolute Gasteiger partial charge is 0.482 e. The van der Waals surface area contributed by atoms with Crippen molar-refractivity contribution < 1.29 is 19.1 Å². The van der Waals surface area contributed by atoms with Crippen LogP contribution in [0.15, 0.2) is 48.5 Å². The van der Waals surface area contributed by atoms with Crippen molar-refractivity contribution in [3.63, 3.8) is 0 Å². The molecule has 2 aromatic rings. The number of hydrogen-bond acceptors (Lipinski definition) is 4. The molecule has 0 saturated carbocycles. The van der Waals surface area contributed by atoms with Crippen LogP contribution >= 0.6 is 11.6 Å². The molecular formula is C19H20ClNO4. The van der Waals surface area contributed by atoms with E-state index < -0.39 is 12.1 Å². The maximum atomic E-state index is 12.3. The van der Waals surface area contributed by atoms with Gasteiger partial charge in [0.1, 0.15) is 5.75 Å². The number of amides is 1. The van der Waals surface area contributed by atoms with E-state index >= 15 is 0 Å². The van der Waals surface area contributed by atoms with Gasteiger partial charge in [-0.2, -0.15) is 0 Å². The van der Waals surface area contributed by atoms with Crippen LogP contribution in [0.3, 0.4) is 0 Å². The molecule has 0 radical (unpaired) electrons. The van der Waals surface area contributed by atoms with Gasteiger partial charge in [0.25, 0.3) is 5.91 Å². The van der Waals surface area contributed by atoms with Crippen LogP contribution in [0.2, 0.25) is 5.02 Å². The lowest BCUT2D eigenvalue weighted by atomic mass is 10.2. The average Bonchev–Trinajstić information content (AvgIpc) is 2.62. The summed E-state index contributed by atoms with van der Waals surface area (Å²) in [6.45, 7) is 3.09. The molecule has 0 saturated heterocycles. The molecule has 2 rings (SSSR count). The lowest BCUT2D eigenvalue weighted by Gasteiger charge is -2.21. The van der Waals surface area contributed by atoms with Crippen LogP contribution in [-0.2, 0) is 14.3 Å². The predicted molar refractivity (Wildman–Crippen MR) is 97.1 cm³/mol. The first-order chi connectivity index (χ1) is 11.9. The number of carbonyl (C=O) groups excluding carboxylic acids is 2. The number of aryl methyl sites for hydroxylation is 1. The lowest BCUT2D eigenvalue weighted by Crippen LogP contribution is -2.38. The van der Waals surface area contributed by atoms with Gasteiger partial charge in [-0.1, -0.05) is 29.8 Å². The van der Waals surface area contributed by atoms with Gasteiger partial charge in [0.05, 0.1) is 0 Å². The molecular weight excluding hydrogens is 342 g/mol. The molecule has 0 spiro atoms. The molecule has 0 aliphatic carbocycles. The van der Waals surface area contributed by atoms with E-state index in [-0.39, 0.29) is 12.5 Å². The molecule has 0 aliphatic heterocycles. The van der Waals surface area contributed by atoms with Gasteiger partial charge in [-0.05, 0) is 49.7 Å². The van der Waals surface area contributed by atoms with E-state index in [1.807, 2.05) is 25.1 Å². The van der Waals surface area contributed by atoms with Crippen molar-refractivity contribution >= 4 is 29.2 Å². The first-order valence-corrected chi connectivity index (χ1v) is 8.17. The molecule has 132 valence electrons. The normalized spacial score (nSPS) is 11.5. The minimum Gasteiger partial charge on any atom is -0.482 e. The molecule has 0 fully saturated rings. The molecule has 0 bridgehead atoms. The van der Waals surface area contributed by atoms with Gasteiger partial charge in [0.2, 0.25) is 0 Å². The van der Waals surface area contributed by atoms with Gasteiger partial charge in [-0.25, -0.2) is 4.79 Å².